The van der Waals surface area contributed by atoms with Gasteiger partial charge in [-0.25, -0.2) is 4.98 Å². The molecule has 0 fully saturated rings. The molecule has 0 aliphatic heterocycles. The highest BCUT2D eigenvalue weighted by molar-refractivity contribution is 5.57. The smallest absolute Gasteiger partial charge is 0.0951 e. The standard InChI is InChI=1S/C14H20N4/c1-3-14(15,4-2)10-18-11-17-9-13(18)12-6-5-7-16-8-12/h5-9,11H,3-4,10,15H2,1-2H3. The highest BCUT2D eigenvalue weighted by Crippen LogP contribution is 2.21. The van der Waals surface area contributed by atoms with Crippen molar-refractivity contribution in [1.82, 2.24) is 14.5 Å². The fraction of sp³-hybridized carbons (Fsp3) is 0.429. The average Bonchev–Trinajstić information content (AvgIpc) is 2.87. The molecule has 96 valence electrons. The van der Waals surface area contributed by atoms with Crippen LogP contribution in [0.1, 0.15) is 26.7 Å². The van der Waals surface area contributed by atoms with Crippen molar-refractivity contribution < 1.29 is 0 Å². The van der Waals surface area contributed by atoms with Crippen LogP contribution in [0.4, 0.5) is 0 Å². The number of aromatic nitrogens is 3. The molecule has 0 saturated carbocycles. The van der Waals surface area contributed by atoms with Crippen LogP contribution in [0.5, 0.6) is 0 Å². The Bertz CT molecular complexity index is 486. The molecule has 2 rings (SSSR count). The van der Waals surface area contributed by atoms with Crippen LogP contribution in [0.3, 0.4) is 0 Å². The molecule has 2 N–H and O–H groups in total. The van der Waals surface area contributed by atoms with Gasteiger partial charge in [-0.3, -0.25) is 4.98 Å². The minimum atomic E-state index is -0.169. The molecule has 0 aliphatic rings. The van der Waals surface area contributed by atoms with Crippen molar-refractivity contribution in [2.45, 2.75) is 38.8 Å². The summed E-state index contributed by atoms with van der Waals surface area (Å²) in [6.45, 7) is 5.04. The lowest BCUT2D eigenvalue weighted by molar-refractivity contribution is 0.340. The van der Waals surface area contributed by atoms with Gasteiger partial charge < -0.3 is 10.3 Å². The van der Waals surface area contributed by atoms with Crippen LogP contribution in [0, 0.1) is 0 Å². The quantitative estimate of drug-likeness (QED) is 0.879. The third-order valence-electron chi connectivity index (χ3n) is 3.56. The summed E-state index contributed by atoms with van der Waals surface area (Å²) in [5, 5.41) is 0. The molecular formula is C14H20N4. The van der Waals surface area contributed by atoms with Crippen molar-refractivity contribution in [3.05, 3.63) is 37.1 Å². The molecule has 2 heterocycles. The van der Waals surface area contributed by atoms with E-state index in [0.717, 1.165) is 30.6 Å². The summed E-state index contributed by atoms with van der Waals surface area (Å²) in [5.41, 5.74) is 8.34. The molecule has 4 heteroatoms. The second kappa shape index (κ2) is 5.31. The summed E-state index contributed by atoms with van der Waals surface area (Å²) in [6.07, 6.45) is 9.24. The number of imidazole rings is 1. The maximum atomic E-state index is 6.37. The number of hydrogen-bond donors (Lipinski definition) is 1. The van der Waals surface area contributed by atoms with E-state index in [1.807, 2.05) is 30.9 Å². The molecule has 4 nitrogen and oxygen atoms in total. The molecule has 0 radical (unpaired) electrons. The summed E-state index contributed by atoms with van der Waals surface area (Å²) in [4.78, 5) is 8.38. The Hall–Kier alpha value is -1.68. The van der Waals surface area contributed by atoms with Crippen molar-refractivity contribution in [1.29, 1.82) is 0 Å². The van der Waals surface area contributed by atoms with E-state index in [-0.39, 0.29) is 5.54 Å². The first kappa shape index (κ1) is 12.8. The maximum absolute atomic E-state index is 6.37. The number of hydrogen-bond acceptors (Lipinski definition) is 3. The Morgan fingerprint density at radius 1 is 1.22 bits per heavy atom. The van der Waals surface area contributed by atoms with Crippen LogP contribution in [0.25, 0.3) is 11.3 Å². The summed E-state index contributed by atoms with van der Waals surface area (Å²) >= 11 is 0. The van der Waals surface area contributed by atoms with Gasteiger partial charge in [0.25, 0.3) is 0 Å². The third kappa shape index (κ3) is 2.59. The van der Waals surface area contributed by atoms with Crippen molar-refractivity contribution >= 4 is 0 Å². The lowest BCUT2D eigenvalue weighted by Gasteiger charge is -2.27. The zero-order chi connectivity index (χ0) is 13.0. The average molecular weight is 244 g/mol. The lowest BCUT2D eigenvalue weighted by Crippen LogP contribution is -2.42. The van der Waals surface area contributed by atoms with Gasteiger partial charge in [0.1, 0.15) is 0 Å². The minimum absolute atomic E-state index is 0.169. The van der Waals surface area contributed by atoms with Gasteiger partial charge in [0.15, 0.2) is 0 Å². The van der Waals surface area contributed by atoms with Crippen molar-refractivity contribution in [2.75, 3.05) is 0 Å². The molecular weight excluding hydrogens is 224 g/mol. The number of nitrogens with zero attached hydrogens (tertiary/aromatic N) is 3. The summed E-state index contributed by atoms with van der Waals surface area (Å²) in [7, 11) is 0. The van der Waals surface area contributed by atoms with E-state index in [4.69, 9.17) is 5.73 Å². The Labute approximate surface area is 108 Å². The molecule has 0 amide bonds. The normalized spacial score (nSPS) is 11.7. The van der Waals surface area contributed by atoms with E-state index in [9.17, 15) is 0 Å². The first-order valence-electron chi connectivity index (χ1n) is 6.38. The zero-order valence-corrected chi connectivity index (χ0v) is 11.0. The van der Waals surface area contributed by atoms with E-state index in [1.54, 1.807) is 6.20 Å². The fourth-order valence-corrected chi connectivity index (χ4v) is 2.01. The molecule has 0 spiro atoms. The maximum Gasteiger partial charge on any atom is 0.0951 e. The van der Waals surface area contributed by atoms with Crippen molar-refractivity contribution in [2.24, 2.45) is 5.73 Å². The van der Waals surface area contributed by atoms with Crippen LogP contribution in [-0.4, -0.2) is 20.1 Å². The number of nitrogens with two attached hydrogens (primary N) is 1. The molecule has 18 heavy (non-hydrogen) atoms. The molecule has 0 saturated heterocycles. The Morgan fingerprint density at radius 2 is 2.00 bits per heavy atom. The van der Waals surface area contributed by atoms with Gasteiger partial charge in [0.05, 0.1) is 18.2 Å². The van der Waals surface area contributed by atoms with E-state index < -0.39 is 0 Å². The molecule has 2 aromatic heterocycles. The largest absolute Gasteiger partial charge is 0.329 e. The third-order valence-corrected chi connectivity index (χ3v) is 3.56. The fourth-order valence-electron chi connectivity index (χ4n) is 2.01. The van der Waals surface area contributed by atoms with Crippen LogP contribution in [0.2, 0.25) is 0 Å². The summed E-state index contributed by atoms with van der Waals surface area (Å²) in [6, 6.07) is 3.97. The molecule has 2 aromatic rings. The minimum Gasteiger partial charge on any atom is -0.329 e. The number of pyridine rings is 1. The van der Waals surface area contributed by atoms with Gasteiger partial charge >= 0.3 is 0 Å². The molecule has 0 unspecified atom stereocenters. The van der Waals surface area contributed by atoms with Gasteiger partial charge in [-0.05, 0) is 25.0 Å². The first-order chi connectivity index (χ1) is 8.68. The van der Waals surface area contributed by atoms with Crippen LogP contribution in [0.15, 0.2) is 37.1 Å². The number of rotatable bonds is 5. The monoisotopic (exact) mass is 244 g/mol. The van der Waals surface area contributed by atoms with E-state index in [1.165, 1.54) is 0 Å². The van der Waals surface area contributed by atoms with E-state index in [2.05, 4.69) is 28.4 Å². The van der Waals surface area contributed by atoms with Crippen LogP contribution < -0.4 is 5.73 Å². The molecule has 0 atom stereocenters. The predicted octanol–water partition coefficient (Wildman–Crippen LogP) is 2.46. The van der Waals surface area contributed by atoms with Gasteiger partial charge in [-0.2, -0.15) is 0 Å². The SMILES string of the molecule is CCC(N)(CC)Cn1cncc1-c1cccnc1. The van der Waals surface area contributed by atoms with Crippen molar-refractivity contribution in [3.8, 4) is 11.3 Å². The Morgan fingerprint density at radius 3 is 2.61 bits per heavy atom. The Kier molecular flexibility index (Phi) is 3.77. The Balaban J connectivity index is 2.29. The van der Waals surface area contributed by atoms with Gasteiger partial charge in [-0.1, -0.05) is 13.8 Å². The highest BCUT2D eigenvalue weighted by Gasteiger charge is 2.22. The molecule has 0 aromatic carbocycles. The summed E-state index contributed by atoms with van der Waals surface area (Å²) in [5.74, 6) is 0. The van der Waals surface area contributed by atoms with Gasteiger partial charge in [0, 0.05) is 30.0 Å². The first-order valence-corrected chi connectivity index (χ1v) is 6.38. The second-order valence-electron chi connectivity index (χ2n) is 4.72. The zero-order valence-electron chi connectivity index (χ0n) is 11.0. The predicted molar refractivity (Wildman–Crippen MR) is 73.0 cm³/mol. The molecule has 0 aliphatic carbocycles. The lowest BCUT2D eigenvalue weighted by atomic mass is 9.94. The highest BCUT2D eigenvalue weighted by atomic mass is 15.1. The summed E-state index contributed by atoms with van der Waals surface area (Å²) < 4.78 is 2.12. The van der Waals surface area contributed by atoms with E-state index >= 15 is 0 Å². The second-order valence-corrected chi connectivity index (χ2v) is 4.72. The van der Waals surface area contributed by atoms with Gasteiger partial charge in [-0.15, -0.1) is 0 Å². The van der Waals surface area contributed by atoms with E-state index in [0.29, 0.717) is 0 Å². The van der Waals surface area contributed by atoms with Gasteiger partial charge in [0.2, 0.25) is 0 Å². The van der Waals surface area contributed by atoms with Crippen molar-refractivity contribution in [3.63, 3.8) is 0 Å². The van der Waals surface area contributed by atoms with Crippen LogP contribution >= 0.6 is 0 Å². The topological polar surface area (TPSA) is 56.7 Å². The molecule has 0 bridgehead atoms. The van der Waals surface area contributed by atoms with Crippen LogP contribution in [-0.2, 0) is 6.54 Å².